The second kappa shape index (κ2) is 5.21. The Morgan fingerprint density at radius 2 is 1.75 bits per heavy atom. The molecule has 3 heteroatoms. The number of hydrogen-bond donors (Lipinski definition) is 1. The molecular weight excluding hydrogens is 248 g/mol. The highest BCUT2D eigenvalue weighted by Gasteiger charge is 2.05. The molecule has 0 saturated heterocycles. The monoisotopic (exact) mass is 264 g/mol. The normalized spacial score (nSPS) is 10.5. The number of aryl methyl sites for hydroxylation is 1. The minimum Gasteiger partial charge on any atom is -0.496 e. The largest absolute Gasteiger partial charge is 0.496 e. The maximum absolute atomic E-state index is 5.44. The molecule has 0 saturated carbocycles. The molecule has 1 N–H and O–H groups in total. The number of hydrogen-bond acceptors (Lipinski definition) is 3. The standard InChI is InChI=1S/C17H16N2O/c1-12-7-9-13(10-8-12)18-17-11-16(20-2)14-5-3-4-6-15(14)19-17/h3-11H,1-2H3,(H,18,19). The highest BCUT2D eigenvalue weighted by Crippen LogP contribution is 2.28. The lowest BCUT2D eigenvalue weighted by molar-refractivity contribution is 0.419. The van der Waals surface area contributed by atoms with Gasteiger partial charge in [-0.15, -0.1) is 0 Å². The number of nitrogens with one attached hydrogen (secondary N) is 1. The Kier molecular flexibility index (Phi) is 3.25. The minimum atomic E-state index is 0.782. The van der Waals surface area contributed by atoms with E-state index in [4.69, 9.17) is 4.74 Å². The van der Waals surface area contributed by atoms with E-state index >= 15 is 0 Å². The summed E-state index contributed by atoms with van der Waals surface area (Å²) in [6, 6.07) is 18.1. The van der Waals surface area contributed by atoms with Crippen LogP contribution in [0.5, 0.6) is 5.75 Å². The summed E-state index contributed by atoms with van der Waals surface area (Å²) < 4.78 is 5.44. The summed E-state index contributed by atoms with van der Waals surface area (Å²) in [5, 5.41) is 4.32. The lowest BCUT2D eigenvalue weighted by atomic mass is 10.2. The number of methoxy groups -OCH3 is 1. The van der Waals surface area contributed by atoms with Crippen LogP contribution in [0.25, 0.3) is 10.9 Å². The van der Waals surface area contributed by atoms with Crippen molar-refractivity contribution in [2.75, 3.05) is 12.4 Å². The van der Waals surface area contributed by atoms with E-state index in [1.807, 2.05) is 42.5 Å². The van der Waals surface area contributed by atoms with Gasteiger partial charge in [-0.25, -0.2) is 4.98 Å². The molecular formula is C17H16N2O. The van der Waals surface area contributed by atoms with Gasteiger partial charge in [-0.2, -0.15) is 0 Å². The van der Waals surface area contributed by atoms with Gasteiger partial charge in [0.1, 0.15) is 11.6 Å². The maximum atomic E-state index is 5.44. The van der Waals surface area contributed by atoms with Gasteiger partial charge >= 0.3 is 0 Å². The van der Waals surface area contributed by atoms with E-state index in [0.29, 0.717) is 0 Å². The molecule has 1 aromatic heterocycles. The van der Waals surface area contributed by atoms with Crippen LogP contribution in [0.3, 0.4) is 0 Å². The summed E-state index contributed by atoms with van der Waals surface area (Å²) in [4.78, 5) is 4.61. The predicted octanol–water partition coefficient (Wildman–Crippen LogP) is 4.30. The molecule has 3 aromatic rings. The van der Waals surface area contributed by atoms with Crippen LogP contribution >= 0.6 is 0 Å². The van der Waals surface area contributed by atoms with E-state index in [2.05, 4.69) is 29.4 Å². The van der Waals surface area contributed by atoms with Gasteiger partial charge in [-0.1, -0.05) is 29.8 Å². The van der Waals surface area contributed by atoms with Crippen LogP contribution in [-0.4, -0.2) is 12.1 Å². The number of ether oxygens (including phenoxy) is 1. The van der Waals surface area contributed by atoms with Gasteiger partial charge in [0, 0.05) is 17.1 Å². The van der Waals surface area contributed by atoms with Crippen molar-refractivity contribution in [3.63, 3.8) is 0 Å². The second-order valence-corrected chi connectivity index (χ2v) is 4.72. The van der Waals surface area contributed by atoms with Crippen LogP contribution in [0.4, 0.5) is 11.5 Å². The van der Waals surface area contributed by atoms with Gasteiger partial charge in [0.05, 0.1) is 12.6 Å². The second-order valence-electron chi connectivity index (χ2n) is 4.72. The molecule has 3 rings (SSSR count). The van der Waals surface area contributed by atoms with E-state index in [0.717, 1.165) is 28.2 Å². The topological polar surface area (TPSA) is 34.1 Å². The maximum Gasteiger partial charge on any atom is 0.134 e. The number of fused-ring (bicyclic) bond motifs is 1. The predicted molar refractivity (Wildman–Crippen MR) is 82.8 cm³/mol. The summed E-state index contributed by atoms with van der Waals surface area (Å²) in [6.07, 6.45) is 0. The first kappa shape index (κ1) is 12.5. The molecule has 0 aliphatic rings. The van der Waals surface area contributed by atoms with Gasteiger partial charge in [-0.05, 0) is 31.2 Å². The smallest absolute Gasteiger partial charge is 0.134 e. The molecule has 0 radical (unpaired) electrons. The number of benzene rings is 2. The Morgan fingerprint density at radius 3 is 2.50 bits per heavy atom. The van der Waals surface area contributed by atoms with Crippen LogP contribution < -0.4 is 10.1 Å². The first-order chi connectivity index (χ1) is 9.76. The van der Waals surface area contributed by atoms with E-state index in [-0.39, 0.29) is 0 Å². The minimum absolute atomic E-state index is 0.782. The highest BCUT2D eigenvalue weighted by atomic mass is 16.5. The summed E-state index contributed by atoms with van der Waals surface area (Å²) >= 11 is 0. The third-order valence-electron chi connectivity index (χ3n) is 3.22. The van der Waals surface area contributed by atoms with Crippen molar-refractivity contribution in [1.29, 1.82) is 0 Å². The summed E-state index contributed by atoms with van der Waals surface area (Å²) in [5.41, 5.74) is 3.17. The van der Waals surface area contributed by atoms with Crippen LogP contribution in [0.1, 0.15) is 5.56 Å². The molecule has 3 nitrogen and oxygen atoms in total. The molecule has 100 valence electrons. The van der Waals surface area contributed by atoms with Crippen molar-refractivity contribution in [3.8, 4) is 5.75 Å². The van der Waals surface area contributed by atoms with Crippen LogP contribution in [-0.2, 0) is 0 Å². The lowest BCUT2D eigenvalue weighted by Crippen LogP contribution is -1.96. The Balaban J connectivity index is 2.01. The fourth-order valence-corrected chi connectivity index (χ4v) is 2.16. The zero-order valence-corrected chi connectivity index (χ0v) is 11.6. The number of rotatable bonds is 3. The first-order valence-corrected chi connectivity index (χ1v) is 6.54. The van der Waals surface area contributed by atoms with Gasteiger partial charge in [0.15, 0.2) is 0 Å². The average Bonchev–Trinajstić information content (AvgIpc) is 2.49. The van der Waals surface area contributed by atoms with Crippen molar-refractivity contribution < 1.29 is 4.74 Å². The molecule has 1 heterocycles. The van der Waals surface area contributed by atoms with Crippen LogP contribution in [0, 0.1) is 6.92 Å². The van der Waals surface area contributed by atoms with Gasteiger partial charge < -0.3 is 10.1 Å². The Bertz CT molecular complexity index is 736. The van der Waals surface area contributed by atoms with Gasteiger partial charge in [0.25, 0.3) is 0 Å². The van der Waals surface area contributed by atoms with Crippen molar-refractivity contribution in [2.45, 2.75) is 6.92 Å². The zero-order valence-electron chi connectivity index (χ0n) is 11.6. The average molecular weight is 264 g/mol. The van der Waals surface area contributed by atoms with E-state index in [1.54, 1.807) is 7.11 Å². The van der Waals surface area contributed by atoms with Crippen molar-refractivity contribution in [2.24, 2.45) is 0 Å². The van der Waals surface area contributed by atoms with Gasteiger partial charge in [0.2, 0.25) is 0 Å². The molecule has 0 bridgehead atoms. The number of aromatic nitrogens is 1. The lowest BCUT2D eigenvalue weighted by Gasteiger charge is -2.10. The van der Waals surface area contributed by atoms with Crippen LogP contribution in [0.2, 0.25) is 0 Å². The van der Waals surface area contributed by atoms with Crippen molar-refractivity contribution in [1.82, 2.24) is 4.98 Å². The molecule has 0 atom stereocenters. The fourth-order valence-electron chi connectivity index (χ4n) is 2.16. The number of anilines is 2. The molecule has 0 fully saturated rings. The van der Waals surface area contributed by atoms with E-state index in [9.17, 15) is 0 Å². The summed E-state index contributed by atoms with van der Waals surface area (Å²) in [6.45, 7) is 2.07. The Labute approximate surface area is 118 Å². The Hall–Kier alpha value is -2.55. The first-order valence-electron chi connectivity index (χ1n) is 6.54. The molecule has 20 heavy (non-hydrogen) atoms. The van der Waals surface area contributed by atoms with Crippen molar-refractivity contribution in [3.05, 3.63) is 60.2 Å². The number of nitrogens with zero attached hydrogens (tertiary/aromatic N) is 1. The third kappa shape index (κ3) is 2.43. The summed E-state index contributed by atoms with van der Waals surface area (Å²) in [5.74, 6) is 1.61. The Morgan fingerprint density at radius 1 is 1.00 bits per heavy atom. The molecule has 0 spiro atoms. The van der Waals surface area contributed by atoms with Crippen LogP contribution in [0.15, 0.2) is 54.6 Å². The van der Waals surface area contributed by atoms with E-state index < -0.39 is 0 Å². The number of para-hydroxylation sites is 1. The zero-order chi connectivity index (χ0) is 13.9. The molecule has 0 amide bonds. The fraction of sp³-hybridized carbons (Fsp3) is 0.118. The highest BCUT2D eigenvalue weighted by molar-refractivity contribution is 5.87. The van der Waals surface area contributed by atoms with Crippen molar-refractivity contribution >= 4 is 22.4 Å². The number of pyridine rings is 1. The van der Waals surface area contributed by atoms with Gasteiger partial charge in [-0.3, -0.25) is 0 Å². The third-order valence-corrected chi connectivity index (χ3v) is 3.22. The molecule has 2 aromatic carbocycles. The molecule has 0 aliphatic carbocycles. The van der Waals surface area contributed by atoms with E-state index in [1.165, 1.54) is 5.56 Å². The molecule has 0 unspecified atom stereocenters. The quantitative estimate of drug-likeness (QED) is 0.766. The SMILES string of the molecule is COc1cc(Nc2ccc(C)cc2)nc2ccccc12. The molecule has 0 aliphatic heterocycles. The summed E-state index contributed by atoms with van der Waals surface area (Å²) in [7, 11) is 1.68.